The van der Waals surface area contributed by atoms with E-state index in [2.05, 4.69) is 10.5 Å². The average molecular weight is 535 g/mol. The van der Waals surface area contributed by atoms with Gasteiger partial charge in [0.25, 0.3) is 0 Å². The summed E-state index contributed by atoms with van der Waals surface area (Å²) in [5, 5.41) is 4.60. The third kappa shape index (κ3) is 7.57. The number of ether oxygens (including phenoxy) is 3. The predicted octanol–water partition coefficient (Wildman–Crippen LogP) is 6.15. The van der Waals surface area contributed by atoms with Gasteiger partial charge in [-0.2, -0.15) is 5.10 Å². The monoisotopic (exact) mass is 534 g/mol. The Kier molecular flexibility index (Phi) is 8.75. The van der Waals surface area contributed by atoms with E-state index in [1.54, 1.807) is 78.9 Å². The van der Waals surface area contributed by atoms with Crippen molar-refractivity contribution in [1.29, 1.82) is 0 Å². The van der Waals surface area contributed by atoms with Crippen LogP contribution in [0, 0.1) is 0 Å². The molecular formula is C28H20Cl2N2O5. The van der Waals surface area contributed by atoms with E-state index < -0.39 is 18.2 Å². The van der Waals surface area contributed by atoms with Gasteiger partial charge in [0, 0.05) is 5.02 Å². The molecule has 7 nitrogen and oxygen atoms in total. The van der Waals surface area contributed by atoms with E-state index in [1.165, 1.54) is 18.3 Å². The molecule has 0 aliphatic heterocycles. The van der Waals surface area contributed by atoms with E-state index in [-0.39, 0.29) is 10.6 Å². The molecule has 9 heteroatoms. The molecule has 0 aromatic heterocycles. The number of carbonyl (C=O) groups is 2. The Hall–Kier alpha value is -4.33. The molecule has 4 rings (SSSR count). The van der Waals surface area contributed by atoms with Gasteiger partial charge < -0.3 is 14.2 Å². The van der Waals surface area contributed by atoms with Gasteiger partial charge in [-0.15, -0.1) is 0 Å². The van der Waals surface area contributed by atoms with Gasteiger partial charge in [0.15, 0.2) is 0 Å². The second-order valence-electron chi connectivity index (χ2n) is 7.51. The van der Waals surface area contributed by atoms with Crippen molar-refractivity contribution in [2.45, 2.75) is 6.29 Å². The first-order valence-corrected chi connectivity index (χ1v) is 11.8. The van der Waals surface area contributed by atoms with Crippen molar-refractivity contribution in [2.24, 2.45) is 5.10 Å². The molecule has 4 aromatic carbocycles. The van der Waals surface area contributed by atoms with E-state index in [4.69, 9.17) is 37.4 Å². The van der Waals surface area contributed by atoms with E-state index in [0.717, 1.165) is 0 Å². The zero-order valence-electron chi connectivity index (χ0n) is 19.2. The van der Waals surface area contributed by atoms with Crippen LogP contribution in [0.2, 0.25) is 10.0 Å². The van der Waals surface area contributed by atoms with E-state index in [1.807, 2.05) is 12.1 Å². The van der Waals surface area contributed by atoms with Crippen LogP contribution in [0.5, 0.6) is 17.2 Å². The molecule has 186 valence electrons. The minimum atomic E-state index is -1.27. The summed E-state index contributed by atoms with van der Waals surface area (Å²) in [6, 6.07) is 28.7. The molecule has 0 saturated heterocycles. The van der Waals surface area contributed by atoms with Gasteiger partial charge in [-0.25, -0.2) is 10.2 Å². The molecule has 0 spiro atoms. The fourth-order valence-corrected chi connectivity index (χ4v) is 3.52. The minimum Gasteiger partial charge on any atom is -0.446 e. The Morgan fingerprint density at radius 1 is 0.757 bits per heavy atom. The summed E-state index contributed by atoms with van der Waals surface area (Å²) in [5.74, 6) is 0.0255. The molecule has 37 heavy (non-hydrogen) atoms. The molecule has 4 aromatic rings. The van der Waals surface area contributed by atoms with Crippen LogP contribution in [0.3, 0.4) is 0 Å². The number of nitrogens with one attached hydrogen (secondary N) is 1. The van der Waals surface area contributed by atoms with Gasteiger partial charge in [-0.1, -0.05) is 59.6 Å². The number of hydrazone groups is 1. The molecule has 1 amide bonds. The van der Waals surface area contributed by atoms with Gasteiger partial charge in [0.2, 0.25) is 0 Å². The van der Waals surface area contributed by atoms with Gasteiger partial charge in [-0.05, 0) is 72.3 Å². The number of hydrogen-bond donors (Lipinski definition) is 1. The van der Waals surface area contributed by atoms with Crippen LogP contribution in [0.1, 0.15) is 15.9 Å². The SMILES string of the molecule is O=C(Oc1ccc(C=NNC(=O)C(Oc2ccccc2)Oc2ccccc2)cc1)c1ccc(Cl)cc1Cl. The molecule has 0 saturated carbocycles. The number of para-hydroxylation sites is 2. The van der Waals surface area contributed by atoms with Crippen molar-refractivity contribution in [1.82, 2.24) is 5.43 Å². The molecule has 0 fully saturated rings. The number of amides is 1. The maximum Gasteiger partial charge on any atom is 0.345 e. The molecule has 0 aliphatic carbocycles. The van der Waals surface area contributed by atoms with Crippen LogP contribution < -0.4 is 19.6 Å². The highest BCUT2D eigenvalue weighted by atomic mass is 35.5. The molecule has 0 atom stereocenters. The Balaban J connectivity index is 1.36. The van der Waals surface area contributed by atoms with Crippen molar-refractivity contribution in [3.05, 3.63) is 124 Å². The topological polar surface area (TPSA) is 86.2 Å². The highest BCUT2D eigenvalue weighted by Gasteiger charge is 2.22. The number of benzene rings is 4. The van der Waals surface area contributed by atoms with Crippen LogP contribution in [0.15, 0.2) is 108 Å². The Morgan fingerprint density at radius 3 is 1.92 bits per heavy atom. The second kappa shape index (κ2) is 12.6. The van der Waals surface area contributed by atoms with Crippen LogP contribution in [0.4, 0.5) is 0 Å². The van der Waals surface area contributed by atoms with Crippen LogP contribution in [0.25, 0.3) is 0 Å². The number of rotatable bonds is 9. The summed E-state index contributed by atoms with van der Waals surface area (Å²) in [6.45, 7) is 0. The van der Waals surface area contributed by atoms with Crippen molar-refractivity contribution < 1.29 is 23.8 Å². The number of halogens is 2. The molecule has 0 unspecified atom stereocenters. The summed E-state index contributed by atoms with van der Waals surface area (Å²) in [6.07, 6.45) is 0.158. The van der Waals surface area contributed by atoms with Gasteiger partial charge in [-0.3, -0.25) is 4.79 Å². The summed E-state index contributed by atoms with van der Waals surface area (Å²) >= 11 is 11.9. The van der Waals surface area contributed by atoms with Crippen molar-refractivity contribution in [3.8, 4) is 17.2 Å². The van der Waals surface area contributed by atoms with Crippen LogP contribution >= 0.6 is 23.2 Å². The lowest BCUT2D eigenvalue weighted by Gasteiger charge is -2.18. The average Bonchev–Trinajstić information content (AvgIpc) is 2.90. The Morgan fingerprint density at radius 2 is 1.35 bits per heavy atom. The number of nitrogens with zero attached hydrogens (tertiary/aromatic N) is 1. The smallest absolute Gasteiger partial charge is 0.345 e. The summed E-state index contributed by atoms with van der Waals surface area (Å²) in [7, 11) is 0. The Labute approximate surface area is 223 Å². The van der Waals surface area contributed by atoms with E-state index in [0.29, 0.717) is 27.8 Å². The molecule has 0 radical (unpaired) electrons. The maximum atomic E-state index is 12.7. The maximum absolute atomic E-state index is 12.7. The Bertz CT molecular complexity index is 1340. The number of carbonyl (C=O) groups excluding carboxylic acids is 2. The fourth-order valence-electron chi connectivity index (χ4n) is 3.04. The number of hydrogen-bond acceptors (Lipinski definition) is 6. The van der Waals surface area contributed by atoms with Crippen LogP contribution in [-0.4, -0.2) is 24.4 Å². The van der Waals surface area contributed by atoms with Gasteiger partial charge >= 0.3 is 18.2 Å². The largest absolute Gasteiger partial charge is 0.446 e. The summed E-state index contributed by atoms with van der Waals surface area (Å²) < 4.78 is 16.8. The first-order chi connectivity index (χ1) is 18.0. The second-order valence-corrected chi connectivity index (χ2v) is 8.35. The quantitative estimate of drug-likeness (QED) is 0.0914. The van der Waals surface area contributed by atoms with Gasteiger partial charge in [0.1, 0.15) is 17.2 Å². The lowest BCUT2D eigenvalue weighted by Crippen LogP contribution is -2.40. The van der Waals surface area contributed by atoms with E-state index in [9.17, 15) is 9.59 Å². The van der Waals surface area contributed by atoms with Gasteiger partial charge in [0.05, 0.1) is 16.8 Å². The third-order valence-electron chi connectivity index (χ3n) is 4.82. The lowest BCUT2D eigenvalue weighted by molar-refractivity contribution is -0.140. The highest BCUT2D eigenvalue weighted by molar-refractivity contribution is 6.36. The molecule has 0 bridgehead atoms. The standard InChI is InChI=1S/C28H20Cl2N2O5/c29-20-13-16-24(25(30)17-20)27(34)35-23-14-11-19(12-15-23)18-31-32-26(33)28(36-21-7-3-1-4-8-21)37-22-9-5-2-6-10-22/h1-18,28H,(H,32,33). The normalized spacial score (nSPS) is 10.8. The molecule has 0 aliphatic rings. The zero-order valence-corrected chi connectivity index (χ0v) is 20.7. The first-order valence-electron chi connectivity index (χ1n) is 11.0. The third-order valence-corrected chi connectivity index (χ3v) is 5.36. The van der Waals surface area contributed by atoms with Crippen LogP contribution in [-0.2, 0) is 4.79 Å². The van der Waals surface area contributed by atoms with E-state index >= 15 is 0 Å². The summed E-state index contributed by atoms with van der Waals surface area (Å²) in [4.78, 5) is 25.1. The van der Waals surface area contributed by atoms with Crippen molar-refractivity contribution in [3.63, 3.8) is 0 Å². The fraction of sp³-hybridized carbons (Fsp3) is 0.0357. The zero-order chi connectivity index (χ0) is 26.0. The molecular weight excluding hydrogens is 515 g/mol. The predicted molar refractivity (Wildman–Crippen MR) is 142 cm³/mol. The van der Waals surface area contributed by atoms with Crippen molar-refractivity contribution in [2.75, 3.05) is 0 Å². The molecule has 1 N–H and O–H groups in total. The van der Waals surface area contributed by atoms with Crippen molar-refractivity contribution >= 4 is 41.3 Å². The summed E-state index contributed by atoms with van der Waals surface area (Å²) in [5.41, 5.74) is 3.27. The highest BCUT2D eigenvalue weighted by Crippen LogP contribution is 2.23. The first kappa shape index (κ1) is 25.8. The molecule has 0 heterocycles. The lowest BCUT2D eigenvalue weighted by atomic mass is 10.2. The number of esters is 1. The minimum absolute atomic E-state index is 0.197.